The molecule has 0 spiro atoms. The van der Waals surface area contributed by atoms with Gasteiger partial charge in [0.1, 0.15) is 12.2 Å². The highest BCUT2D eigenvalue weighted by atomic mass is 16.7. The summed E-state index contributed by atoms with van der Waals surface area (Å²) in [7, 11) is 1.19. The number of epoxide rings is 2. The third kappa shape index (κ3) is 3.95. The summed E-state index contributed by atoms with van der Waals surface area (Å²) in [5, 5.41) is 0. The highest BCUT2D eigenvalue weighted by Crippen LogP contribution is 2.51. The van der Waals surface area contributed by atoms with Crippen molar-refractivity contribution in [3.63, 3.8) is 0 Å². The number of hydrogen-bond donors (Lipinski definition) is 0. The molecule has 10 nitrogen and oxygen atoms in total. The third-order valence-corrected chi connectivity index (χ3v) is 6.97. The van der Waals surface area contributed by atoms with Gasteiger partial charge in [-0.05, 0) is 33.6 Å². The molecule has 1 aliphatic carbocycles. The molecule has 3 aliphatic heterocycles. The minimum absolute atomic E-state index is 0.00554. The number of rotatable bonds is 4. The first kappa shape index (κ1) is 23.4. The maximum atomic E-state index is 13.1. The molecule has 4 aliphatic rings. The standard InChI is InChI=1S/C23H28O10/c1-10-14-16(31-21(27)23(5)11(2)32-23)15(29-12(3)24)13(20(26)28-6)8-7-9-22(4)18(33-22)17(14)30-19(10)25/h8,11,14-18H,1,7,9H2,2-6H3/b13-8+/t11-,14-,15-,16+,17-,18+,22-,23-/m0/s1. The summed E-state index contributed by atoms with van der Waals surface area (Å²) in [5.41, 5.74) is -1.77. The summed E-state index contributed by atoms with van der Waals surface area (Å²) in [6, 6.07) is 0. The fourth-order valence-electron chi connectivity index (χ4n) is 4.66. The summed E-state index contributed by atoms with van der Waals surface area (Å²) in [5.74, 6) is -3.79. The molecule has 0 unspecified atom stereocenters. The van der Waals surface area contributed by atoms with Gasteiger partial charge in [0.25, 0.3) is 0 Å². The average Bonchev–Trinajstić information content (AvgIpc) is 3.57. The number of esters is 4. The number of carbonyl (C=O) groups excluding carboxylic acids is 4. The van der Waals surface area contributed by atoms with E-state index in [9.17, 15) is 19.2 Å². The van der Waals surface area contributed by atoms with Crippen molar-refractivity contribution in [2.45, 2.75) is 82.3 Å². The van der Waals surface area contributed by atoms with Gasteiger partial charge in [0.2, 0.25) is 0 Å². The van der Waals surface area contributed by atoms with E-state index in [1.165, 1.54) is 14.0 Å². The molecule has 0 saturated carbocycles. The van der Waals surface area contributed by atoms with Gasteiger partial charge in [0.05, 0.1) is 30.3 Å². The maximum absolute atomic E-state index is 13.1. The molecular formula is C23H28O10. The molecule has 3 saturated heterocycles. The molecule has 3 fully saturated rings. The third-order valence-electron chi connectivity index (χ3n) is 6.97. The van der Waals surface area contributed by atoms with Gasteiger partial charge >= 0.3 is 23.9 Å². The molecule has 0 aromatic rings. The van der Waals surface area contributed by atoms with E-state index >= 15 is 0 Å². The van der Waals surface area contributed by atoms with Crippen LogP contribution < -0.4 is 0 Å². The van der Waals surface area contributed by atoms with E-state index in [1.807, 2.05) is 6.92 Å². The van der Waals surface area contributed by atoms with Crippen molar-refractivity contribution >= 4 is 23.9 Å². The molecule has 0 N–H and O–H groups in total. The lowest BCUT2D eigenvalue weighted by Gasteiger charge is -2.34. The normalized spacial score (nSPS) is 43.1. The van der Waals surface area contributed by atoms with Gasteiger partial charge in [0, 0.05) is 12.5 Å². The Hall–Kier alpha value is -2.72. The monoisotopic (exact) mass is 464 g/mol. The molecule has 180 valence electrons. The van der Waals surface area contributed by atoms with Crippen LogP contribution in [0.25, 0.3) is 0 Å². The number of methoxy groups -OCH3 is 1. The number of hydrogen-bond acceptors (Lipinski definition) is 10. The minimum Gasteiger partial charge on any atom is -0.466 e. The van der Waals surface area contributed by atoms with E-state index in [4.69, 9.17) is 28.4 Å². The first-order valence-corrected chi connectivity index (χ1v) is 10.8. The van der Waals surface area contributed by atoms with Crippen molar-refractivity contribution < 1.29 is 47.6 Å². The zero-order valence-corrected chi connectivity index (χ0v) is 19.2. The molecule has 0 aromatic carbocycles. The Morgan fingerprint density at radius 3 is 2.42 bits per heavy atom. The van der Waals surface area contributed by atoms with Gasteiger partial charge in [-0.2, -0.15) is 0 Å². The van der Waals surface area contributed by atoms with Crippen molar-refractivity contribution in [3.05, 3.63) is 23.8 Å². The predicted molar refractivity (Wildman–Crippen MR) is 110 cm³/mol. The van der Waals surface area contributed by atoms with Crippen LogP contribution in [-0.2, 0) is 47.6 Å². The first-order chi connectivity index (χ1) is 15.4. The zero-order valence-electron chi connectivity index (χ0n) is 19.2. The van der Waals surface area contributed by atoms with Crippen molar-refractivity contribution in [1.29, 1.82) is 0 Å². The van der Waals surface area contributed by atoms with Gasteiger partial charge in [-0.15, -0.1) is 0 Å². The Morgan fingerprint density at radius 1 is 1.18 bits per heavy atom. The molecule has 4 rings (SSSR count). The van der Waals surface area contributed by atoms with Crippen LogP contribution in [0.2, 0.25) is 0 Å². The van der Waals surface area contributed by atoms with Gasteiger partial charge < -0.3 is 28.4 Å². The predicted octanol–water partition coefficient (Wildman–Crippen LogP) is 1.16. The quantitative estimate of drug-likeness (QED) is 0.258. The van der Waals surface area contributed by atoms with Crippen molar-refractivity contribution in [2.24, 2.45) is 5.92 Å². The van der Waals surface area contributed by atoms with Gasteiger partial charge in [-0.25, -0.2) is 14.4 Å². The van der Waals surface area contributed by atoms with E-state index in [2.05, 4.69) is 6.58 Å². The number of fused-ring (bicyclic) bond motifs is 3. The second-order valence-electron chi connectivity index (χ2n) is 9.23. The van der Waals surface area contributed by atoms with Crippen LogP contribution in [0.5, 0.6) is 0 Å². The minimum atomic E-state index is -1.36. The summed E-state index contributed by atoms with van der Waals surface area (Å²) in [4.78, 5) is 50.4. The summed E-state index contributed by atoms with van der Waals surface area (Å²) < 4.78 is 33.2. The smallest absolute Gasteiger partial charge is 0.341 e. The van der Waals surface area contributed by atoms with Crippen LogP contribution in [0.1, 0.15) is 40.5 Å². The molecule has 0 aromatic heterocycles. The van der Waals surface area contributed by atoms with Crippen LogP contribution in [0.15, 0.2) is 23.8 Å². The topological polar surface area (TPSA) is 130 Å². The van der Waals surface area contributed by atoms with Crippen molar-refractivity contribution in [1.82, 2.24) is 0 Å². The molecule has 10 heteroatoms. The fraction of sp³-hybridized carbons (Fsp3) is 0.652. The molecule has 0 bridgehead atoms. The van der Waals surface area contributed by atoms with E-state index in [0.29, 0.717) is 12.8 Å². The first-order valence-electron chi connectivity index (χ1n) is 10.8. The van der Waals surface area contributed by atoms with E-state index < -0.39 is 65.4 Å². The average molecular weight is 464 g/mol. The van der Waals surface area contributed by atoms with Crippen LogP contribution in [0.3, 0.4) is 0 Å². The van der Waals surface area contributed by atoms with Gasteiger partial charge in [-0.1, -0.05) is 12.7 Å². The largest absolute Gasteiger partial charge is 0.466 e. The fourth-order valence-corrected chi connectivity index (χ4v) is 4.66. The second-order valence-corrected chi connectivity index (χ2v) is 9.23. The Balaban J connectivity index is 1.82. The second kappa shape index (κ2) is 7.95. The van der Waals surface area contributed by atoms with Crippen LogP contribution in [0.4, 0.5) is 0 Å². The Bertz CT molecular complexity index is 953. The Labute approximate surface area is 191 Å². The van der Waals surface area contributed by atoms with Crippen LogP contribution >= 0.6 is 0 Å². The maximum Gasteiger partial charge on any atom is 0.341 e. The van der Waals surface area contributed by atoms with Crippen LogP contribution in [-0.4, -0.2) is 72.7 Å². The van der Waals surface area contributed by atoms with Gasteiger partial charge in [0.15, 0.2) is 17.8 Å². The van der Waals surface area contributed by atoms with Crippen LogP contribution in [0, 0.1) is 5.92 Å². The van der Waals surface area contributed by atoms with E-state index in [1.54, 1.807) is 19.9 Å². The highest BCUT2D eigenvalue weighted by Gasteiger charge is 2.66. The number of ether oxygens (including phenoxy) is 6. The molecule has 33 heavy (non-hydrogen) atoms. The highest BCUT2D eigenvalue weighted by molar-refractivity contribution is 5.93. The number of carbonyl (C=O) groups is 4. The van der Waals surface area contributed by atoms with Crippen molar-refractivity contribution in [2.75, 3.05) is 7.11 Å². The lowest BCUT2D eigenvalue weighted by molar-refractivity contribution is -0.175. The molecule has 3 heterocycles. The summed E-state index contributed by atoms with van der Waals surface area (Å²) in [6.45, 7) is 10.2. The van der Waals surface area contributed by atoms with Crippen molar-refractivity contribution in [3.8, 4) is 0 Å². The Kier molecular flexibility index (Phi) is 5.65. The zero-order chi connectivity index (χ0) is 24.3. The molecular weight excluding hydrogens is 436 g/mol. The molecule has 0 amide bonds. The summed E-state index contributed by atoms with van der Waals surface area (Å²) in [6.07, 6.45) is -1.87. The van der Waals surface area contributed by atoms with E-state index in [-0.39, 0.29) is 17.3 Å². The SMILES string of the molecule is C=C1C(=O)O[C@H]2[C@@H]1[C@@H](OC(=O)[C@@]1(C)O[C@H]1C)[C@@H](OC(C)=O)/C(C(=O)OC)=C\CC[C@]1(C)O[C@H]21. The molecule has 0 radical (unpaired) electrons. The lowest BCUT2D eigenvalue weighted by atomic mass is 9.80. The van der Waals surface area contributed by atoms with E-state index in [0.717, 1.165) is 0 Å². The molecule has 8 atom stereocenters. The summed E-state index contributed by atoms with van der Waals surface area (Å²) >= 11 is 0. The number of allylic oxidation sites excluding steroid dienone is 1. The van der Waals surface area contributed by atoms with Gasteiger partial charge in [-0.3, -0.25) is 4.79 Å². The Morgan fingerprint density at radius 2 is 1.85 bits per heavy atom. The lowest BCUT2D eigenvalue weighted by Crippen LogP contribution is -2.49.